The third-order valence-electron chi connectivity index (χ3n) is 4.42. The molecular formula is C22H31F3O4. The lowest BCUT2D eigenvalue weighted by Gasteiger charge is -2.21. The van der Waals surface area contributed by atoms with E-state index < -0.39 is 24.2 Å². The van der Waals surface area contributed by atoms with Crippen LogP contribution in [0.15, 0.2) is 30.3 Å². The molecule has 4 nitrogen and oxygen atoms in total. The first-order valence-electron chi connectivity index (χ1n) is 10.3. The van der Waals surface area contributed by atoms with Gasteiger partial charge in [0.1, 0.15) is 0 Å². The average Bonchev–Trinajstić information content (AvgIpc) is 2.68. The second kappa shape index (κ2) is 14.0. The summed E-state index contributed by atoms with van der Waals surface area (Å²) in [4.78, 5) is 23.4. The summed E-state index contributed by atoms with van der Waals surface area (Å²) in [6, 6.07) is 6.99. The van der Waals surface area contributed by atoms with E-state index in [4.69, 9.17) is 4.74 Å². The highest BCUT2D eigenvalue weighted by atomic mass is 19.4. The Morgan fingerprint density at radius 1 is 0.862 bits per heavy atom. The number of halogens is 3. The molecule has 7 heteroatoms. The summed E-state index contributed by atoms with van der Waals surface area (Å²) >= 11 is 0. The molecule has 0 saturated heterocycles. The van der Waals surface area contributed by atoms with Crippen molar-refractivity contribution in [2.45, 2.75) is 83.4 Å². The number of hydrogen-bond acceptors (Lipinski definition) is 4. The predicted molar refractivity (Wildman–Crippen MR) is 104 cm³/mol. The fourth-order valence-electron chi connectivity index (χ4n) is 2.84. The number of hydrogen-bond donors (Lipinski definition) is 0. The first-order valence-corrected chi connectivity index (χ1v) is 10.3. The van der Waals surface area contributed by atoms with E-state index in [1.165, 1.54) is 49.9 Å². The second-order valence-corrected chi connectivity index (χ2v) is 7.02. The number of alkyl halides is 3. The molecule has 1 atom stereocenters. The number of unbranched alkanes of at least 4 members (excludes halogenated alkanes) is 6. The molecule has 1 rings (SSSR count). The highest BCUT2D eigenvalue weighted by Gasteiger charge is 2.43. The van der Waals surface area contributed by atoms with Crippen molar-refractivity contribution in [3.8, 4) is 0 Å². The third-order valence-corrected chi connectivity index (χ3v) is 4.42. The fraction of sp³-hybridized carbons (Fsp3) is 0.636. The summed E-state index contributed by atoms with van der Waals surface area (Å²) in [5, 5.41) is 0. The van der Waals surface area contributed by atoms with Crippen LogP contribution in [0.4, 0.5) is 13.2 Å². The minimum atomic E-state index is -4.70. The molecule has 164 valence electrons. The first-order chi connectivity index (χ1) is 13.8. The molecule has 0 fully saturated rings. The van der Waals surface area contributed by atoms with Gasteiger partial charge >= 0.3 is 18.1 Å². The molecule has 0 spiro atoms. The van der Waals surface area contributed by atoms with Crippen LogP contribution in [0.2, 0.25) is 0 Å². The smallest absolute Gasteiger partial charge is 0.429 e. The molecule has 0 N–H and O–H groups in total. The minimum absolute atomic E-state index is 0.0202. The Morgan fingerprint density at radius 3 is 2.07 bits per heavy atom. The SMILES string of the molecule is CCCCCCCCCOC(=O)CCCC(=O)OC(c1ccccc1)C(F)(F)F. The predicted octanol–water partition coefficient (Wildman–Crippen LogP) is 6.30. The number of esters is 2. The van der Waals surface area contributed by atoms with Gasteiger partial charge in [0.15, 0.2) is 0 Å². The lowest BCUT2D eigenvalue weighted by Crippen LogP contribution is -2.26. The van der Waals surface area contributed by atoms with E-state index in [1.807, 2.05) is 0 Å². The van der Waals surface area contributed by atoms with Crippen LogP contribution in [-0.4, -0.2) is 24.7 Å². The molecule has 1 aromatic carbocycles. The Balaban J connectivity index is 2.21. The zero-order chi connectivity index (χ0) is 21.5. The van der Waals surface area contributed by atoms with Crippen molar-refractivity contribution in [1.82, 2.24) is 0 Å². The van der Waals surface area contributed by atoms with E-state index in [1.54, 1.807) is 6.07 Å². The van der Waals surface area contributed by atoms with Gasteiger partial charge in [-0.05, 0) is 12.8 Å². The Labute approximate surface area is 170 Å². The van der Waals surface area contributed by atoms with Crippen LogP contribution >= 0.6 is 0 Å². The largest absolute Gasteiger partial charge is 0.466 e. The standard InChI is InChI=1S/C22H31F3O4/c1-2-3-4-5-6-7-11-17-28-19(26)15-12-16-20(27)29-21(22(23,24)25)18-13-9-8-10-14-18/h8-10,13-14,21H,2-7,11-12,15-17H2,1H3. The zero-order valence-electron chi connectivity index (χ0n) is 17.0. The molecule has 0 radical (unpaired) electrons. The molecule has 1 unspecified atom stereocenters. The lowest BCUT2D eigenvalue weighted by molar-refractivity contribution is -0.224. The summed E-state index contributed by atoms with van der Waals surface area (Å²) < 4.78 is 49.2. The van der Waals surface area contributed by atoms with Crippen molar-refractivity contribution in [3.05, 3.63) is 35.9 Å². The van der Waals surface area contributed by atoms with Gasteiger partial charge in [-0.1, -0.05) is 75.8 Å². The number of benzene rings is 1. The summed E-state index contributed by atoms with van der Waals surface area (Å²) in [5.41, 5.74) is -0.137. The van der Waals surface area contributed by atoms with Gasteiger partial charge in [0.2, 0.25) is 6.10 Å². The van der Waals surface area contributed by atoms with E-state index in [2.05, 4.69) is 11.7 Å². The van der Waals surface area contributed by atoms with E-state index in [0.717, 1.165) is 19.3 Å². The molecule has 29 heavy (non-hydrogen) atoms. The van der Waals surface area contributed by atoms with Crippen LogP contribution < -0.4 is 0 Å². The van der Waals surface area contributed by atoms with E-state index in [-0.39, 0.29) is 24.8 Å². The Kier molecular flexibility index (Phi) is 12.1. The normalized spacial score (nSPS) is 12.4. The quantitative estimate of drug-likeness (QED) is 0.264. The van der Waals surface area contributed by atoms with Gasteiger partial charge in [-0.2, -0.15) is 13.2 Å². The average molecular weight is 416 g/mol. The van der Waals surface area contributed by atoms with Crippen LogP contribution in [0.25, 0.3) is 0 Å². The third kappa shape index (κ3) is 11.5. The number of carbonyl (C=O) groups excluding carboxylic acids is 2. The van der Waals surface area contributed by atoms with Gasteiger partial charge in [0.25, 0.3) is 0 Å². The summed E-state index contributed by atoms with van der Waals surface area (Å²) in [6.07, 6.45) is 0.565. The van der Waals surface area contributed by atoms with Gasteiger partial charge < -0.3 is 9.47 Å². The molecule has 1 aromatic rings. The molecule has 0 bridgehead atoms. The Morgan fingerprint density at radius 2 is 1.45 bits per heavy atom. The Hall–Kier alpha value is -2.05. The second-order valence-electron chi connectivity index (χ2n) is 7.02. The van der Waals surface area contributed by atoms with Crippen molar-refractivity contribution in [2.24, 2.45) is 0 Å². The van der Waals surface area contributed by atoms with Crippen molar-refractivity contribution < 1.29 is 32.2 Å². The highest BCUT2D eigenvalue weighted by molar-refractivity contribution is 5.72. The Bertz CT molecular complexity index is 587. The maximum Gasteiger partial charge on any atom is 0.429 e. The van der Waals surface area contributed by atoms with Crippen molar-refractivity contribution in [1.29, 1.82) is 0 Å². The van der Waals surface area contributed by atoms with E-state index in [0.29, 0.717) is 6.61 Å². The molecule has 0 aliphatic rings. The maximum absolute atomic E-state index is 13.2. The lowest BCUT2D eigenvalue weighted by atomic mass is 10.1. The summed E-state index contributed by atoms with van der Waals surface area (Å²) in [7, 11) is 0. The van der Waals surface area contributed by atoms with Gasteiger partial charge in [-0.25, -0.2) is 0 Å². The maximum atomic E-state index is 13.2. The molecule has 0 amide bonds. The van der Waals surface area contributed by atoms with Crippen LogP contribution in [0.1, 0.15) is 82.8 Å². The van der Waals surface area contributed by atoms with Crippen LogP contribution in [-0.2, 0) is 19.1 Å². The first kappa shape index (κ1) is 25.0. The van der Waals surface area contributed by atoms with E-state index >= 15 is 0 Å². The molecule has 0 saturated carbocycles. The van der Waals surface area contributed by atoms with Crippen molar-refractivity contribution >= 4 is 11.9 Å². The van der Waals surface area contributed by atoms with Crippen LogP contribution in [0.5, 0.6) is 0 Å². The highest BCUT2D eigenvalue weighted by Crippen LogP contribution is 2.36. The number of carbonyl (C=O) groups is 2. The summed E-state index contributed by atoms with van der Waals surface area (Å²) in [6.45, 7) is 2.50. The molecular weight excluding hydrogens is 385 g/mol. The monoisotopic (exact) mass is 416 g/mol. The zero-order valence-corrected chi connectivity index (χ0v) is 17.0. The molecule has 0 aromatic heterocycles. The number of ether oxygens (including phenoxy) is 2. The van der Waals surface area contributed by atoms with Crippen LogP contribution in [0, 0.1) is 0 Å². The van der Waals surface area contributed by atoms with Crippen LogP contribution in [0.3, 0.4) is 0 Å². The van der Waals surface area contributed by atoms with Gasteiger partial charge in [0, 0.05) is 18.4 Å². The topological polar surface area (TPSA) is 52.6 Å². The van der Waals surface area contributed by atoms with Crippen molar-refractivity contribution in [3.63, 3.8) is 0 Å². The van der Waals surface area contributed by atoms with Gasteiger partial charge in [-0.3, -0.25) is 9.59 Å². The van der Waals surface area contributed by atoms with Crippen molar-refractivity contribution in [2.75, 3.05) is 6.61 Å². The summed E-state index contributed by atoms with van der Waals surface area (Å²) in [5.74, 6) is -1.43. The fourth-order valence-corrected chi connectivity index (χ4v) is 2.84. The molecule has 0 aliphatic heterocycles. The van der Waals surface area contributed by atoms with E-state index in [9.17, 15) is 22.8 Å². The van der Waals surface area contributed by atoms with Gasteiger partial charge in [-0.15, -0.1) is 0 Å². The van der Waals surface area contributed by atoms with Gasteiger partial charge in [0.05, 0.1) is 6.61 Å². The molecule has 0 aliphatic carbocycles. The number of rotatable bonds is 14. The molecule has 0 heterocycles. The minimum Gasteiger partial charge on any atom is -0.466 e.